The van der Waals surface area contributed by atoms with Gasteiger partial charge in [0.05, 0.1) is 0 Å². The molecule has 0 heterocycles. The van der Waals surface area contributed by atoms with Crippen LogP contribution < -0.4 is 16.8 Å². The van der Waals surface area contributed by atoms with E-state index in [9.17, 15) is 4.79 Å². The van der Waals surface area contributed by atoms with Crippen molar-refractivity contribution in [1.82, 2.24) is 0 Å². The van der Waals surface area contributed by atoms with Crippen LogP contribution in [-0.4, -0.2) is 5.91 Å². The zero-order valence-corrected chi connectivity index (χ0v) is 10.1. The first kappa shape index (κ1) is 12.0. The highest BCUT2D eigenvalue weighted by Crippen LogP contribution is 2.16. The minimum atomic E-state index is -0.223. The molecule has 4 nitrogen and oxygen atoms in total. The van der Waals surface area contributed by atoms with Crippen LogP contribution >= 0.6 is 0 Å². The molecule has 5 N–H and O–H groups in total. The normalized spacial score (nSPS) is 10.1. The smallest absolute Gasteiger partial charge is 0.255 e. The Hall–Kier alpha value is -2.49. The number of hydrogen-bond acceptors (Lipinski definition) is 3. The van der Waals surface area contributed by atoms with Gasteiger partial charge in [-0.05, 0) is 42.8 Å². The number of nitrogens with one attached hydrogen (secondary N) is 1. The third-order valence-corrected chi connectivity index (χ3v) is 2.52. The van der Waals surface area contributed by atoms with Crippen LogP contribution in [0.25, 0.3) is 0 Å². The van der Waals surface area contributed by atoms with Gasteiger partial charge in [-0.1, -0.05) is 12.1 Å². The van der Waals surface area contributed by atoms with Crippen LogP contribution in [0.2, 0.25) is 0 Å². The molecule has 0 spiro atoms. The minimum absolute atomic E-state index is 0.223. The van der Waals surface area contributed by atoms with Gasteiger partial charge in [0.15, 0.2) is 0 Å². The first-order valence-electron chi connectivity index (χ1n) is 5.58. The summed E-state index contributed by atoms with van der Waals surface area (Å²) in [5.74, 6) is -0.223. The highest BCUT2D eigenvalue weighted by atomic mass is 16.1. The number of carbonyl (C=O) groups is 1. The summed E-state index contributed by atoms with van der Waals surface area (Å²) in [4.78, 5) is 12.0. The molecule has 0 saturated carbocycles. The van der Waals surface area contributed by atoms with Crippen LogP contribution in [0.15, 0.2) is 42.5 Å². The molecule has 0 bridgehead atoms. The Kier molecular flexibility index (Phi) is 3.19. The van der Waals surface area contributed by atoms with Gasteiger partial charge in [0, 0.05) is 22.6 Å². The topological polar surface area (TPSA) is 81.1 Å². The number of anilines is 3. The third-order valence-electron chi connectivity index (χ3n) is 2.52. The second-order valence-electron chi connectivity index (χ2n) is 4.21. The fourth-order valence-corrected chi connectivity index (χ4v) is 1.73. The van der Waals surface area contributed by atoms with E-state index in [0.29, 0.717) is 16.9 Å². The quantitative estimate of drug-likeness (QED) is 0.706. The van der Waals surface area contributed by atoms with Crippen molar-refractivity contribution in [2.24, 2.45) is 0 Å². The zero-order valence-electron chi connectivity index (χ0n) is 10.1. The summed E-state index contributed by atoms with van der Waals surface area (Å²) in [7, 11) is 0. The van der Waals surface area contributed by atoms with Gasteiger partial charge >= 0.3 is 0 Å². The number of carbonyl (C=O) groups excluding carboxylic acids is 1. The Morgan fingerprint density at radius 1 is 1.06 bits per heavy atom. The number of nitrogen functional groups attached to an aromatic ring is 2. The summed E-state index contributed by atoms with van der Waals surface area (Å²) in [5, 5.41) is 2.80. The number of aryl methyl sites for hydroxylation is 1. The van der Waals surface area contributed by atoms with Crippen molar-refractivity contribution in [1.29, 1.82) is 0 Å². The molecule has 2 aromatic rings. The molecule has 0 unspecified atom stereocenters. The summed E-state index contributed by atoms with van der Waals surface area (Å²) in [5.41, 5.74) is 14.5. The number of nitrogens with two attached hydrogens (primary N) is 2. The van der Waals surface area contributed by atoms with Gasteiger partial charge in [0.2, 0.25) is 0 Å². The first-order valence-corrected chi connectivity index (χ1v) is 5.58. The van der Waals surface area contributed by atoms with Crippen LogP contribution in [0.5, 0.6) is 0 Å². The van der Waals surface area contributed by atoms with E-state index in [1.54, 1.807) is 18.2 Å². The fraction of sp³-hybridized carbons (Fsp3) is 0.0714. The van der Waals surface area contributed by atoms with E-state index in [1.807, 2.05) is 31.2 Å². The number of hydrogen-bond donors (Lipinski definition) is 3. The Balaban J connectivity index is 2.22. The molecule has 0 radical (unpaired) electrons. The largest absolute Gasteiger partial charge is 0.399 e. The maximum absolute atomic E-state index is 12.0. The number of benzene rings is 2. The summed E-state index contributed by atoms with van der Waals surface area (Å²) < 4.78 is 0. The maximum atomic E-state index is 12.0. The molecule has 0 atom stereocenters. The molecular formula is C14H15N3O. The van der Waals surface area contributed by atoms with Crippen LogP contribution in [0.1, 0.15) is 15.9 Å². The van der Waals surface area contributed by atoms with Gasteiger partial charge < -0.3 is 16.8 Å². The lowest BCUT2D eigenvalue weighted by molar-refractivity contribution is 0.102. The first-order chi connectivity index (χ1) is 8.54. The van der Waals surface area contributed by atoms with E-state index in [2.05, 4.69) is 5.32 Å². The van der Waals surface area contributed by atoms with E-state index >= 15 is 0 Å². The average Bonchev–Trinajstić information content (AvgIpc) is 2.27. The summed E-state index contributed by atoms with van der Waals surface area (Å²) in [6, 6.07) is 12.4. The van der Waals surface area contributed by atoms with E-state index < -0.39 is 0 Å². The lowest BCUT2D eigenvalue weighted by Crippen LogP contribution is -2.12. The summed E-state index contributed by atoms with van der Waals surface area (Å²) in [6.07, 6.45) is 0. The molecule has 0 aliphatic carbocycles. The monoisotopic (exact) mass is 241 g/mol. The molecule has 0 aliphatic rings. The predicted octanol–water partition coefficient (Wildman–Crippen LogP) is 2.41. The third kappa shape index (κ3) is 2.79. The summed E-state index contributed by atoms with van der Waals surface area (Å²) >= 11 is 0. The Morgan fingerprint density at radius 3 is 2.33 bits per heavy atom. The number of rotatable bonds is 2. The molecule has 4 heteroatoms. The van der Waals surface area contributed by atoms with Gasteiger partial charge in [-0.25, -0.2) is 0 Å². The molecule has 1 amide bonds. The van der Waals surface area contributed by atoms with Crippen molar-refractivity contribution in [2.45, 2.75) is 6.92 Å². The highest BCUT2D eigenvalue weighted by molar-refractivity contribution is 6.05. The van der Waals surface area contributed by atoms with Gasteiger partial charge in [-0.15, -0.1) is 0 Å². The Bertz CT molecular complexity index is 573. The van der Waals surface area contributed by atoms with Crippen molar-refractivity contribution >= 4 is 23.0 Å². The van der Waals surface area contributed by atoms with Crippen molar-refractivity contribution in [3.05, 3.63) is 53.6 Å². The van der Waals surface area contributed by atoms with Crippen molar-refractivity contribution in [3.63, 3.8) is 0 Å². The predicted molar refractivity (Wildman–Crippen MR) is 74.4 cm³/mol. The molecule has 0 aliphatic heterocycles. The van der Waals surface area contributed by atoms with E-state index in [0.717, 1.165) is 11.3 Å². The van der Waals surface area contributed by atoms with Crippen LogP contribution in [0.3, 0.4) is 0 Å². The summed E-state index contributed by atoms with van der Waals surface area (Å²) in [6.45, 7) is 1.97. The van der Waals surface area contributed by atoms with Crippen LogP contribution in [0.4, 0.5) is 17.1 Å². The minimum Gasteiger partial charge on any atom is -0.399 e. The molecule has 0 saturated heterocycles. The highest BCUT2D eigenvalue weighted by Gasteiger charge is 2.07. The SMILES string of the molecule is Cc1cccc(NC(=O)c2cc(N)cc(N)c2)c1. The molecular weight excluding hydrogens is 226 g/mol. The Morgan fingerprint density at radius 2 is 1.72 bits per heavy atom. The van der Waals surface area contributed by atoms with E-state index in [1.165, 1.54) is 0 Å². The van der Waals surface area contributed by atoms with Gasteiger partial charge in [0.1, 0.15) is 0 Å². The lowest BCUT2D eigenvalue weighted by atomic mass is 10.1. The molecule has 2 rings (SSSR count). The van der Waals surface area contributed by atoms with E-state index in [4.69, 9.17) is 11.5 Å². The van der Waals surface area contributed by atoms with E-state index in [-0.39, 0.29) is 5.91 Å². The fourth-order valence-electron chi connectivity index (χ4n) is 1.73. The van der Waals surface area contributed by atoms with Gasteiger partial charge in [-0.2, -0.15) is 0 Å². The maximum Gasteiger partial charge on any atom is 0.255 e. The zero-order chi connectivity index (χ0) is 13.1. The lowest BCUT2D eigenvalue weighted by Gasteiger charge is -2.07. The standard InChI is InChI=1S/C14H15N3O/c1-9-3-2-4-13(5-9)17-14(18)10-6-11(15)8-12(16)7-10/h2-8H,15-16H2,1H3,(H,17,18). The van der Waals surface area contributed by atoms with Crippen molar-refractivity contribution < 1.29 is 4.79 Å². The van der Waals surface area contributed by atoms with Crippen LogP contribution in [0, 0.1) is 6.92 Å². The average molecular weight is 241 g/mol. The van der Waals surface area contributed by atoms with Crippen molar-refractivity contribution in [2.75, 3.05) is 16.8 Å². The second kappa shape index (κ2) is 4.79. The van der Waals surface area contributed by atoms with Gasteiger partial charge in [-0.3, -0.25) is 4.79 Å². The number of amides is 1. The Labute approximate surface area is 106 Å². The van der Waals surface area contributed by atoms with Gasteiger partial charge in [0.25, 0.3) is 5.91 Å². The molecule has 0 aromatic heterocycles. The second-order valence-corrected chi connectivity index (χ2v) is 4.21. The molecule has 2 aromatic carbocycles. The molecule has 92 valence electrons. The molecule has 0 fully saturated rings. The van der Waals surface area contributed by atoms with Crippen molar-refractivity contribution in [3.8, 4) is 0 Å². The molecule has 18 heavy (non-hydrogen) atoms. The van der Waals surface area contributed by atoms with Crippen LogP contribution in [-0.2, 0) is 0 Å².